The van der Waals surface area contributed by atoms with Gasteiger partial charge in [-0.2, -0.15) is 0 Å². The molecule has 1 aromatic carbocycles. The first-order valence-electron chi connectivity index (χ1n) is 7.46. The molecule has 1 saturated carbocycles. The van der Waals surface area contributed by atoms with Crippen molar-refractivity contribution in [3.8, 4) is 0 Å². The van der Waals surface area contributed by atoms with Crippen LogP contribution in [0.3, 0.4) is 0 Å². The fourth-order valence-corrected chi connectivity index (χ4v) is 3.48. The van der Waals surface area contributed by atoms with Gasteiger partial charge in [0.15, 0.2) is 0 Å². The molecule has 0 heterocycles. The molecule has 2 N–H and O–H groups in total. The molecule has 1 aliphatic carbocycles. The Morgan fingerprint density at radius 3 is 2.53 bits per heavy atom. The number of nitrogens with one attached hydrogen (secondary N) is 1. The Hall–Kier alpha value is -0.860. The molecule has 0 amide bonds. The maximum Gasteiger partial charge on any atom is 0.0613 e. The average Bonchev–Trinajstić information content (AvgIpc) is 2.35. The van der Waals surface area contributed by atoms with E-state index in [9.17, 15) is 5.11 Å². The lowest BCUT2D eigenvalue weighted by atomic mass is 9.76. The number of hydrogen-bond acceptors (Lipinski definition) is 2. The highest BCUT2D eigenvalue weighted by molar-refractivity contribution is 5.28. The number of rotatable bonds is 4. The molecular formula is C17H27NO. The monoisotopic (exact) mass is 261 g/mol. The molecule has 1 fully saturated rings. The molecule has 0 spiro atoms. The van der Waals surface area contributed by atoms with Crippen LogP contribution in [0.4, 0.5) is 0 Å². The maximum atomic E-state index is 9.78. The third-order valence-electron chi connectivity index (χ3n) is 4.34. The number of aliphatic hydroxyl groups excluding tert-OH is 1. The van der Waals surface area contributed by atoms with Gasteiger partial charge >= 0.3 is 0 Å². The summed E-state index contributed by atoms with van der Waals surface area (Å²) >= 11 is 0. The van der Waals surface area contributed by atoms with Crippen LogP contribution in [0, 0.1) is 19.8 Å². The maximum absolute atomic E-state index is 9.78. The molecule has 2 unspecified atom stereocenters. The van der Waals surface area contributed by atoms with Crippen LogP contribution >= 0.6 is 0 Å². The molecule has 1 aromatic rings. The lowest BCUT2D eigenvalue weighted by Crippen LogP contribution is -2.51. The van der Waals surface area contributed by atoms with Crippen LogP contribution in [0.25, 0.3) is 0 Å². The van der Waals surface area contributed by atoms with Gasteiger partial charge in [-0.3, -0.25) is 0 Å². The molecule has 2 rings (SSSR count). The molecule has 0 aromatic heterocycles. The fraction of sp³-hybridized carbons (Fsp3) is 0.647. The van der Waals surface area contributed by atoms with E-state index in [1.54, 1.807) is 0 Å². The zero-order chi connectivity index (χ0) is 13.9. The molecule has 2 nitrogen and oxygen atoms in total. The Labute approximate surface area is 117 Å². The minimum atomic E-state index is -0.0602. The van der Waals surface area contributed by atoms with Crippen molar-refractivity contribution < 1.29 is 5.11 Å². The predicted octanol–water partition coefficient (Wildman–Crippen LogP) is 3.33. The zero-order valence-electron chi connectivity index (χ0n) is 12.5. The van der Waals surface area contributed by atoms with Gasteiger partial charge in [0.2, 0.25) is 0 Å². The van der Waals surface area contributed by atoms with Crippen molar-refractivity contribution in [3.05, 3.63) is 34.9 Å². The molecule has 2 heteroatoms. The average molecular weight is 261 g/mol. The van der Waals surface area contributed by atoms with E-state index in [0.717, 1.165) is 19.4 Å². The van der Waals surface area contributed by atoms with Gasteiger partial charge in [-0.1, -0.05) is 49.1 Å². The Morgan fingerprint density at radius 1 is 1.26 bits per heavy atom. The molecule has 0 aliphatic heterocycles. The second kappa shape index (κ2) is 6.06. The number of benzene rings is 1. The van der Waals surface area contributed by atoms with Crippen molar-refractivity contribution in [3.63, 3.8) is 0 Å². The molecular weight excluding hydrogens is 234 g/mol. The van der Waals surface area contributed by atoms with E-state index >= 15 is 0 Å². The number of aryl methyl sites for hydroxylation is 2. The van der Waals surface area contributed by atoms with E-state index < -0.39 is 0 Å². The smallest absolute Gasteiger partial charge is 0.0613 e. The minimum Gasteiger partial charge on any atom is -0.394 e. The second-order valence-electron chi connectivity index (χ2n) is 6.49. The lowest BCUT2D eigenvalue weighted by Gasteiger charge is -2.39. The minimum absolute atomic E-state index is 0.0602. The van der Waals surface area contributed by atoms with E-state index in [2.05, 4.69) is 44.3 Å². The summed E-state index contributed by atoms with van der Waals surface area (Å²) in [7, 11) is 0. The Bertz CT molecular complexity index is 409. The Kier molecular flexibility index (Phi) is 4.64. The van der Waals surface area contributed by atoms with E-state index in [1.807, 2.05) is 0 Å². The normalized spacial score (nSPS) is 27.5. The van der Waals surface area contributed by atoms with E-state index in [-0.39, 0.29) is 12.1 Å². The largest absolute Gasteiger partial charge is 0.394 e. The third-order valence-corrected chi connectivity index (χ3v) is 4.34. The summed E-state index contributed by atoms with van der Waals surface area (Å²) in [6, 6.07) is 6.67. The highest BCUT2D eigenvalue weighted by Gasteiger charge is 2.33. The number of hydrogen-bond donors (Lipinski definition) is 2. The van der Waals surface area contributed by atoms with Crippen molar-refractivity contribution in [1.29, 1.82) is 0 Å². The fourth-order valence-electron chi connectivity index (χ4n) is 3.48. The summed E-state index contributed by atoms with van der Waals surface area (Å²) in [6.07, 6.45) is 4.71. The van der Waals surface area contributed by atoms with Crippen molar-refractivity contribution in [1.82, 2.24) is 5.32 Å². The van der Waals surface area contributed by atoms with Crippen molar-refractivity contribution in [2.24, 2.45) is 5.92 Å². The quantitative estimate of drug-likeness (QED) is 0.871. The standard InChI is InChI=1S/C17H27NO/c1-13-5-4-6-17(10-13,12-19)18-11-16-8-14(2)7-15(3)9-16/h7-9,13,18-19H,4-6,10-12H2,1-3H3. The van der Waals surface area contributed by atoms with E-state index in [4.69, 9.17) is 0 Å². The van der Waals surface area contributed by atoms with Gasteiger partial charge in [0.05, 0.1) is 6.61 Å². The van der Waals surface area contributed by atoms with Crippen LogP contribution in [0.5, 0.6) is 0 Å². The Balaban J connectivity index is 2.03. The summed E-state index contributed by atoms with van der Waals surface area (Å²) in [5.74, 6) is 0.715. The lowest BCUT2D eigenvalue weighted by molar-refractivity contribution is 0.0982. The van der Waals surface area contributed by atoms with Crippen LogP contribution in [-0.2, 0) is 6.54 Å². The van der Waals surface area contributed by atoms with Crippen molar-refractivity contribution >= 4 is 0 Å². The molecule has 1 aliphatic rings. The van der Waals surface area contributed by atoms with Gasteiger partial charge in [0.25, 0.3) is 0 Å². The van der Waals surface area contributed by atoms with Crippen molar-refractivity contribution in [2.75, 3.05) is 6.61 Å². The first-order valence-corrected chi connectivity index (χ1v) is 7.46. The summed E-state index contributed by atoms with van der Waals surface area (Å²) in [5, 5.41) is 13.4. The van der Waals surface area contributed by atoms with E-state index in [1.165, 1.54) is 29.5 Å². The van der Waals surface area contributed by atoms with Gasteiger partial charge in [-0.15, -0.1) is 0 Å². The summed E-state index contributed by atoms with van der Waals surface area (Å²) < 4.78 is 0. The van der Waals surface area contributed by atoms with Gasteiger partial charge in [-0.05, 0) is 38.2 Å². The van der Waals surface area contributed by atoms with Gasteiger partial charge in [0, 0.05) is 12.1 Å². The topological polar surface area (TPSA) is 32.3 Å². The third kappa shape index (κ3) is 3.80. The predicted molar refractivity (Wildman–Crippen MR) is 80.2 cm³/mol. The first kappa shape index (κ1) is 14.5. The molecule has 19 heavy (non-hydrogen) atoms. The van der Waals surface area contributed by atoms with Crippen LogP contribution in [0.1, 0.15) is 49.3 Å². The van der Waals surface area contributed by atoms with Gasteiger partial charge in [-0.25, -0.2) is 0 Å². The zero-order valence-corrected chi connectivity index (χ0v) is 12.5. The number of aliphatic hydroxyl groups is 1. The van der Waals surface area contributed by atoms with E-state index in [0.29, 0.717) is 5.92 Å². The summed E-state index contributed by atoms with van der Waals surface area (Å²) in [6.45, 7) is 7.68. The highest BCUT2D eigenvalue weighted by Crippen LogP contribution is 2.32. The van der Waals surface area contributed by atoms with Crippen molar-refractivity contribution in [2.45, 2.75) is 58.5 Å². The van der Waals surface area contributed by atoms with Gasteiger partial charge < -0.3 is 10.4 Å². The molecule has 0 radical (unpaired) electrons. The first-order chi connectivity index (χ1) is 9.03. The van der Waals surface area contributed by atoms with Crippen LogP contribution < -0.4 is 5.32 Å². The molecule has 0 saturated heterocycles. The second-order valence-corrected chi connectivity index (χ2v) is 6.49. The molecule has 106 valence electrons. The highest BCUT2D eigenvalue weighted by atomic mass is 16.3. The van der Waals surface area contributed by atoms with Crippen LogP contribution in [-0.4, -0.2) is 17.3 Å². The Morgan fingerprint density at radius 2 is 1.95 bits per heavy atom. The van der Waals surface area contributed by atoms with Crippen LogP contribution in [0.15, 0.2) is 18.2 Å². The summed E-state index contributed by atoms with van der Waals surface area (Å²) in [4.78, 5) is 0. The van der Waals surface area contributed by atoms with Crippen LogP contribution in [0.2, 0.25) is 0 Å². The summed E-state index contributed by atoms with van der Waals surface area (Å²) in [5.41, 5.74) is 3.89. The molecule has 2 atom stereocenters. The molecule has 0 bridgehead atoms. The SMILES string of the molecule is Cc1cc(C)cc(CNC2(CO)CCCC(C)C2)c1. The van der Waals surface area contributed by atoms with Gasteiger partial charge in [0.1, 0.15) is 0 Å².